The Labute approximate surface area is 191 Å². The summed E-state index contributed by atoms with van der Waals surface area (Å²) in [5.41, 5.74) is 7.54. The Morgan fingerprint density at radius 2 is 1.62 bits per heavy atom. The zero-order valence-electron chi connectivity index (χ0n) is 18.0. The largest absolute Gasteiger partial charge is 0.355 e. The topological polar surface area (TPSA) is 50.7 Å². The predicted octanol–water partition coefficient (Wildman–Crippen LogP) is 6.29. The SMILES string of the molecule is Cc1ccc(-n2c(SCc3ccccc3C)nc3c(-c4ccccc4)c[nH]c3c2=O)cc1. The Hall–Kier alpha value is -3.57. The number of benzene rings is 3. The third-order valence-corrected chi connectivity index (χ3v) is 6.65. The van der Waals surface area contributed by atoms with Crippen LogP contribution < -0.4 is 5.56 Å². The molecule has 0 saturated heterocycles. The van der Waals surface area contributed by atoms with Gasteiger partial charge in [-0.1, -0.05) is 84.1 Å². The first-order chi connectivity index (χ1) is 15.6. The zero-order chi connectivity index (χ0) is 22.1. The van der Waals surface area contributed by atoms with Crippen LogP contribution in [0.15, 0.2) is 95.0 Å². The molecule has 2 aromatic heterocycles. The van der Waals surface area contributed by atoms with Crippen LogP contribution in [0.1, 0.15) is 16.7 Å². The normalized spacial score (nSPS) is 11.2. The van der Waals surface area contributed by atoms with Crippen LogP contribution in [0.5, 0.6) is 0 Å². The molecule has 5 aromatic rings. The molecule has 0 amide bonds. The third kappa shape index (κ3) is 3.76. The molecule has 0 unspecified atom stereocenters. The van der Waals surface area contributed by atoms with Gasteiger partial charge in [-0.2, -0.15) is 0 Å². The molecule has 4 nitrogen and oxygen atoms in total. The molecule has 32 heavy (non-hydrogen) atoms. The number of aromatic amines is 1. The molecule has 0 aliphatic heterocycles. The molecular weight excluding hydrogens is 414 g/mol. The van der Waals surface area contributed by atoms with E-state index in [-0.39, 0.29) is 5.56 Å². The first-order valence-electron chi connectivity index (χ1n) is 10.6. The van der Waals surface area contributed by atoms with Crippen LogP contribution in [0, 0.1) is 13.8 Å². The first-order valence-corrected chi connectivity index (χ1v) is 11.5. The maximum atomic E-state index is 13.6. The van der Waals surface area contributed by atoms with E-state index < -0.39 is 0 Å². The minimum Gasteiger partial charge on any atom is -0.355 e. The summed E-state index contributed by atoms with van der Waals surface area (Å²) >= 11 is 1.59. The number of nitrogens with one attached hydrogen (secondary N) is 1. The van der Waals surface area contributed by atoms with Gasteiger partial charge in [-0.3, -0.25) is 9.36 Å². The minimum atomic E-state index is -0.0895. The van der Waals surface area contributed by atoms with Crippen molar-refractivity contribution >= 4 is 22.8 Å². The molecule has 0 atom stereocenters. The quantitative estimate of drug-likeness (QED) is 0.260. The molecule has 2 heterocycles. The number of rotatable bonds is 5. The highest BCUT2D eigenvalue weighted by molar-refractivity contribution is 7.98. The summed E-state index contributed by atoms with van der Waals surface area (Å²) in [5, 5.41) is 0.686. The smallest absolute Gasteiger partial charge is 0.283 e. The summed E-state index contributed by atoms with van der Waals surface area (Å²) in [5.74, 6) is 0.738. The fourth-order valence-corrected chi connectivity index (χ4v) is 4.89. The average molecular weight is 438 g/mol. The highest BCUT2D eigenvalue weighted by Gasteiger charge is 2.18. The van der Waals surface area contributed by atoms with Crippen LogP contribution in [0.3, 0.4) is 0 Å². The predicted molar refractivity (Wildman–Crippen MR) is 133 cm³/mol. The molecule has 0 radical (unpaired) electrons. The summed E-state index contributed by atoms with van der Waals surface area (Å²) in [6.45, 7) is 4.15. The van der Waals surface area contributed by atoms with E-state index in [4.69, 9.17) is 4.98 Å². The molecule has 158 valence electrons. The lowest BCUT2D eigenvalue weighted by Gasteiger charge is -2.13. The van der Waals surface area contributed by atoms with E-state index in [9.17, 15) is 4.79 Å². The zero-order valence-corrected chi connectivity index (χ0v) is 18.8. The van der Waals surface area contributed by atoms with Crippen LogP contribution in [0.2, 0.25) is 0 Å². The van der Waals surface area contributed by atoms with Crippen molar-refractivity contribution in [2.75, 3.05) is 0 Å². The summed E-state index contributed by atoms with van der Waals surface area (Å²) in [4.78, 5) is 21.8. The molecule has 0 bridgehead atoms. The maximum absolute atomic E-state index is 13.6. The van der Waals surface area contributed by atoms with E-state index in [1.165, 1.54) is 11.1 Å². The highest BCUT2D eigenvalue weighted by atomic mass is 32.2. The van der Waals surface area contributed by atoms with E-state index in [1.54, 1.807) is 16.3 Å². The van der Waals surface area contributed by atoms with Gasteiger partial charge in [0.05, 0.1) is 5.69 Å². The average Bonchev–Trinajstić information content (AvgIpc) is 3.24. The monoisotopic (exact) mass is 437 g/mol. The van der Waals surface area contributed by atoms with Crippen molar-refractivity contribution in [1.29, 1.82) is 0 Å². The Balaban J connectivity index is 1.69. The Morgan fingerprint density at radius 1 is 0.906 bits per heavy atom. The van der Waals surface area contributed by atoms with Gasteiger partial charge < -0.3 is 4.98 Å². The molecule has 0 saturated carbocycles. The second-order valence-electron chi connectivity index (χ2n) is 7.88. The van der Waals surface area contributed by atoms with Crippen molar-refractivity contribution in [2.24, 2.45) is 0 Å². The molecule has 0 spiro atoms. The lowest BCUT2D eigenvalue weighted by atomic mass is 10.1. The molecule has 3 aromatic carbocycles. The van der Waals surface area contributed by atoms with Gasteiger partial charge >= 0.3 is 0 Å². The molecule has 0 aliphatic carbocycles. The van der Waals surface area contributed by atoms with Crippen molar-refractivity contribution < 1.29 is 0 Å². The van der Waals surface area contributed by atoms with Gasteiger partial charge in [-0.15, -0.1) is 0 Å². The minimum absolute atomic E-state index is 0.0895. The number of nitrogens with zero attached hydrogens (tertiary/aromatic N) is 2. The molecule has 5 rings (SSSR count). The van der Waals surface area contributed by atoms with Gasteiger partial charge in [0.1, 0.15) is 11.0 Å². The third-order valence-electron chi connectivity index (χ3n) is 5.66. The second-order valence-corrected chi connectivity index (χ2v) is 8.82. The number of fused-ring (bicyclic) bond motifs is 1. The second kappa shape index (κ2) is 8.52. The molecule has 1 N–H and O–H groups in total. The number of hydrogen-bond donors (Lipinski definition) is 1. The lowest BCUT2D eigenvalue weighted by Crippen LogP contribution is -2.21. The number of thioether (sulfide) groups is 1. The fourth-order valence-electron chi connectivity index (χ4n) is 3.81. The van der Waals surface area contributed by atoms with Gasteiger partial charge in [-0.05, 0) is 42.7 Å². The molecule has 0 aliphatic rings. The van der Waals surface area contributed by atoms with Crippen LogP contribution >= 0.6 is 11.8 Å². The van der Waals surface area contributed by atoms with Gasteiger partial charge in [0, 0.05) is 17.5 Å². The lowest BCUT2D eigenvalue weighted by molar-refractivity contribution is 0.818. The van der Waals surface area contributed by atoms with Gasteiger partial charge in [0.25, 0.3) is 5.56 Å². The van der Waals surface area contributed by atoms with Crippen molar-refractivity contribution in [2.45, 2.75) is 24.8 Å². The van der Waals surface area contributed by atoms with Gasteiger partial charge in [0.2, 0.25) is 0 Å². The van der Waals surface area contributed by atoms with Crippen LogP contribution in [-0.2, 0) is 5.75 Å². The molecular formula is C27H23N3OS. The van der Waals surface area contributed by atoms with Crippen molar-refractivity contribution in [3.8, 4) is 16.8 Å². The van der Waals surface area contributed by atoms with E-state index in [2.05, 4.69) is 24.0 Å². The summed E-state index contributed by atoms with van der Waals surface area (Å²) in [7, 11) is 0. The van der Waals surface area contributed by atoms with E-state index in [0.717, 1.165) is 28.1 Å². The van der Waals surface area contributed by atoms with Gasteiger partial charge in [-0.25, -0.2) is 4.98 Å². The van der Waals surface area contributed by atoms with E-state index in [0.29, 0.717) is 16.2 Å². The summed E-state index contributed by atoms with van der Waals surface area (Å²) in [6.07, 6.45) is 1.88. The van der Waals surface area contributed by atoms with Crippen LogP contribution in [0.25, 0.3) is 27.8 Å². The maximum Gasteiger partial charge on any atom is 0.283 e. The van der Waals surface area contributed by atoms with Gasteiger partial charge in [0.15, 0.2) is 5.16 Å². The fraction of sp³-hybridized carbons (Fsp3) is 0.111. The summed E-state index contributed by atoms with van der Waals surface area (Å²) < 4.78 is 1.72. The Bertz CT molecular complexity index is 1450. The Morgan fingerprint density at radius 3 is 2.38 bits per heavy atom. The molecule has 0 fully saturated rings. The number of aromatic nitrogens is 3. The standard InChI is InChI=1S/C27H23N3OS/c1-18-12-14-22(15-13-18)30-26(31)25-24(23(16-28-25)20-9-4-3-5-10-20)29-27(30)32-17-21-11-7-6-8-19(21)2/h3-16,28H,17H2,1-2H3. The number of aryl methyl sites for hydroxylation is 2. The highest BCUT2D eigenvalue weighted by Crippen LogP contribution is 2.30. The van der Waals surface area contributed by atoms with Crippen molar-refractivity contribution in [1.82, 2.24) is 14.5 Å². The first kappa shape index (κ1) is 20.3. The van der Waals surface area contributed by atoms with Crippen LogP contribution in [0.4, 0.5) is 0 Å². The van der Waals surface area contributed by atoms with Crippen molar-refractivity contribution in [3.05, 3.63) is 112 Å². The van der Waals surface area contributed by atoms with Crippen LogP contribution in [-0.4, -0.2) is 14.5 Å². The Kier molecular flexibility index (Phi) is 5.41. The van der Waals surface area contributed by atoms with Crippen molar-refractivity contribution in [3.63, 3.8) is 0 Å². The van der Waals surface area contributed by atoms with E-state index in [1.807, 2.05) is 79.9 Å². The summed E-state index contributed by atoms with van der Waals surface area (Å²) in [6, 6.07) is 26.4. The number of H-pyrrole nitrogens is 1. The van der Waals surface area contributed by atoms with E-state index >= 15 is 0 Å². The molecule has 5 heteroatoms. The number of hydrogen-bond acceptors (Lipinski definition) is 3.